The SMILES string of the molecule is CCCCc1ccc(N2C(=O)C(Cl)=C(Nc3cccc(C(=O)Nc4cccc(OC)c4)c3)C2=O)cc1. The van der Waals surface area contributed by atoms with Crippen molar-refractivity contribution in [3.8, 4) is 5.75 Å². The van der Waals surface area contributed by atoms with Gasteiger partial charge >= 0.3 is 0 Å². The molecule has 36 heavy (non-hydrogen) atoms. The Morgan fingerprint density at radius 1 is 0.944 bits per heavy atom. The Morgan fingerprint density at radius 2 is 1.67 bits per heavy atom. The van der Waals surface area contributed by atoms with Gasteiger partial charge in [0.15, 0.2) is 0 Å². The lowest BCUT2D eigenvalue weighted by Gasteiger charge is -2.16. The minimum atomic E-state index is -0.600. The molecule has 0 saturated heterocycles. The standard InChI is InChI=1S/C28H26ClN3O4/c1-3-4-7-18-12-14-22(15-13-18)32-27(34)24(29)25(28(32)35)30-20-9-5-8-19(16-20)26(33)31-21-10-6-11-23(17-21)36-2/h5-6,8-17,30H,3-4,7H2,1-2H3,(H,31,33). The largest absolute Gasteiger partial charge is 0.497 e. The van der Waals surface area contributed by atoms with Gasteiger partial charge < -0.3 is 15.4 Å². The number of carbonyl (C=O) groups is 3. The van der Waals surface area contributed by atoms with Gasteiger partial charge in [0.25, 0.3) is 17.7 Å². The van der Waals surface area contributed by atoms with E-state index in [-0.39, 0.29) is 16.6 Å². The molecular formula is C28H26ClN3O4. The van der Waals surface area contributed by atoms with Gasteiger partial charge in [-0.15, -0.1) is 0 Å². The molecule has 3 aromatic rings. The molecule has 4 rings (SSSR count). The molecule has 0 aliphatic carbocycles. The number of benzene rings is 3. The number of unbranched alkanes of at least 4 members (excludes halogenated alkanes) is 1. The van der Waals surface area contributed by atoms with Crippen LogP contribution in [0.1, 0.15) is 35.7 Å². The predicted octanol–water partition coefficient (Wildman–Crippen LogP) is 5.73. The lowest BCUT2D eigenvalue weighted by molar-refractivity contribution is -0.120. The number of amides is 3. The molecule has 3 amide bonds. The molecule has 7 nitrogen and oxygen atoms in total. The van der Waals surface area contributed by atoms with Gasteiger partial charge in [-0.2, -0.15) is 0 Å². The van der Waals surface area contributed by atoms with Crippen molar-refractivity contribution in [1.29, 1.82) is 0 Å². The summed E-state index contributed by atoms with van der Waals surface area (Å²) in [5, 5.41) is 5.53. The maximum Gasteiger partial charge on any atom is 0.283 e. The fourth-order valence-electron chi connectivity index (χ4n) is 3.83. The van der Waals surface area contributed by atoms with Crippen LogP contribution in [-0.4, -0.2) is 24.8 Å². The number of rotatable bonds is 9. The molecule has 8 heteroatoms. The molecule has 0 unspecified atom stereocenters. The number of methoxy groups -OCH3 is 1. The summed E-state index contributed by atoms with van der Waals surface area (Å²) in [4.78, 5) is 39.7. The van der Waals surface area contributed by atoms with Gasteiger partial charge in [-0.1, -0.05) is 49.2 Å². The van der Waals surface area contributed by atoms with E-state index in [2.05, 4.69) is 17.6 Å². The van der Waals surface area contributed by atoms with Crippen LogP contribution in [0.15, 0.2) is 83.5 Å². The molecule has 0 spiro atoms. The van der Waals surface area contributed by atoms with Crippen LogP contribution in [0.4, 0.5) is 17.1 Å². The van der Waals surface area contributed by atoms with Crippen LogP contribution in [0.3, 0.4) is 0 Å². The van der Waals surface area contributed by atoms with Gasteiger partial charge in [-0.25, -0.2) is 4.90 Å². The molecule has 0 aromatic heterocycles. The Balaban J connectivity index is 1.49. The van der Waals surface area contributed by atoms with Crippen LogP contribution in [0.2, 0.25) is 0 Å². The summed E-state index contributed by atoms with van der Waals surface area (Å²) < 4.78 is 5.18. The van der Waals surface area contributed by atoms with Crippen molar-refractivity contribution in [2.75, 3.05) is 22.6 Å². The molecule has 184 valence electrons. The molecule has 0 fully saturated rings. The third-order valence-electron chi connectivity index (χ3n) is 5.76. The highest BCUT2D eigenvalue weighted by Gasteiger charge is 2.39. The zero-order valence-corrected chi connectivity index (χ0v) is 20.8. The number of ether oxygens (including phenoxy) is 1. The normalized spacial score (nSPS) is 13.2. The van der Waals surface area contributed by atoms with Gasteiger partial charge in [-0.05, 0) is 60.9 Å². The smallest absolute Gasteiger partial charge is 0.283 e. The monoisotopic (exact) mass is 503 g/mol. The Hall–Kier alpha value is -4.10. The van der Waals surface area contributed by atoms with Gasteiger partial charge in [0.2, 0.25) is 0 Å². The molecule has 1 heterocycles. The highest BCUT2D eigenvalue weighted by Crippen LogP contribution is 2.30. The molecule has 1 aliphatic rings. The fraction of sp³-hybridized carbons (Fsp3) is 0.179. The average Bonchev–Trinajstić information content (AvgIpc) is 3.11. The third kappa shape index (κ3) is 5.42. The summed E-state index contributed by atoms with van der Waals surface area (Å²) in [5.74, 6) is -0.880. The van der Waals surface area contributed by atoms with E-state index in [0.29, 0.717) is 28.4 Å². The summed E-state index contributed by atoms with van der Waals surface area (Å²) in [7, 11) is 1.55. The van der Waals surface area contributed by atoms with Crippen molar-refractivity contribution in [1.82, 2.24) is 0 Å². The van der Waals surface area contributed by atoms with E-state index in [0.717, 1.165) is 29.7 Å². The van der Waals surface area contributed by atoms with Crippen LogP contribution >= 0.6 is 11.6 Å². The summed E-state index contributed by atoms with van der Waals surface area (Å²) in [6, 6.07) is 20.9. The Morgan fingerprint density at radius 3 is 2.39 bits per heavy atom. The summed E-state index contributed by atoms with van der Waals surface area (Å²) in [6.45, 7) is 2.13. The first kappa shape index (κ1) is 25.0. The number of imide groups is 1. The quantitative estimate of drug-likeness (QED) is 0.364. The number of nitrogens with one attached hydrogen (secondary N) is 2. The van der Waals surface area contributed by atoms with Crippen molar-refractivity contribution in [3.05, 3.63) is 94.7 Å². The van der Waals surface area contributed by atoms with Crippen molar-refractivity contribution in [2.24, 2.45) is 0 Å². The molecule has 1 aliphatic heterocycles. The van der Waals surface area contributed by atoms with E-state index in [1.54, 1.807) is 67.8 Å². The number of halogens is 1. The Kier molecular flexibility index (Phi) is 7.71. The predicted molar refractivity (Wildman–Crippen MR) is 141 cm³/mol. The van der Waals surface area contributed by atoms with Crippen molar-refractivity contribution < 1.29 is 19.1 Å². The van der Waals surface area contributed by atoms with E-state index in [1.165, 1.54) is 0 Å². The number of carbonyl (C=O) groups excluding carboxylic acids is 3. The number of anilines is 3. The van der Waals surface area contributed by atoms with E-state index in [1.807, 2.05) is 12.1 Å². The van der Waals surface area contributed by atoms with E-state index < -0.39 is 11.8 Å². The lowest BCUT2D eigenvalue weighted by atomic mass is 10.1. The number of aryl methyl sites for hydroxylation is 1. The van der Waals surface area contributed by atoms with Crippen LogP contribution < -0.4 is 20.3 Å². The maximum atomic E-state index is 13.1. The second kappa shape index (κ2) is 11.1. The van der Waals surface area contributed by atoms with Gasteiger partial charge in [0.05, 0.1) is 12.8 Å². The van der Waals surface area contributed by atoms with Crippen LogP contribution in [-0.2, 0) is 16.0 Å². The van der Waals surface area contributed by atoms with Gasteiger partial charge in [0, 0.05) is 23.0 Å². The topological polar surface area (TPSA) is 87.7 Å². The third-order valence-corrected chi connectivity index (χ3v) is 6.11. The van der Waals surface area contributed by atoms with Crippen LogP contribution in [0, 0.1) is 0 Å². The summed E-state index contributed by atoms with van der Waals surface area (Å²) in [6.07, 6.45) is 3.09. The summed E-state index contributed by atoms with van der Waals surface area (Å²) in [5.41, 5.74) is 2.93. The minimum Gasteiger partial charge on any atom is -0.497 e. The Labute approximate surface area is 214 Å². The molecular weight excluding hydrogens is 478 g/mol. The summed E-state index contributed by atoms with van der Waals surface area (Å²) >= 11 is 6.27. The van der Waals surface area contributed by atoms with E-state index in [9.17, 15) is 14.4 Å². The highest BCUT2D eigenvalue weighted by atomic mass is 35.5. The van der Waals surface area contributed by atoms with Gasteiger partial charge in [0.1, 0.15) is 16.5 Å². The second-order valence-corrected chi connectivity index (χ2v) is 8.67. The first-order chi connectivity index (χ1) is 17.4. The van der Waals surface area contributed by atoms with E-state index in [4.69, 9.17) is 16.3 Å². The first-order valence-corrected chi connectivity index (χ1v) is 12.0. The lowest BCUT2D eigenvalue weighted by Crippen LogP contribution is -2.32. The van der Waals surface area contributed by atoms with E-state index >= 15 is 0 Å². The highest BCUT2D eigenvalue weighted by molar-refractivity contribution is 6.53. The van der Waals surface area contributed by atoms with Crippen LogP contribution in [0.5, 0.6) is 5.75 Å². The molecule has 0 atom stereocenters. The fourth-order valence-corrected chi connectivity index (χ4v) is 4.04. The average molecular weight is 504 g/mol. The molecule has 2 N–H and O–H groups in total. The van der Waals surface area contributed by atoms with Crippen molar-refractivity contribution in [2.45, 2.75) is 26.2 Å². The first-order valence-electron chi connectivity index (χ1n) is 11.6. The number of hydrogen-bond donors (Lipinski definition) is 2. The number of hydrogen-bond acceptors (Lipinski definition) is 5. The van der Waals surface area contributed by atoms with Crippen molar-refractivity contribution >= 4 is 46.4 Å². The number of nitrogens with zero attached hydrogens (tertiary/aromatic N) is 1. The molecule has 0 radical (unpaired) electrons. The maximum absolute atomic E-state index is 13.1. The Bertz CT molecular complexity index is 1330. The molecule has 3 aromatic carbocycles. The second-order valence-electron chi connectivity index (χ2n) is 8.30. The minimum absolute atomic E-state index is 0.0397. The zero-order valence-electron chi connectivity index (χ0n) is 20.0. The zero-order chi connectivity index (χ0) is 25.7. The van der Waals surface area contributed by atoms with Crippen LogP contribution in [0.25, 0.3) is 0 Å². The molecule has 0 saturated carbocycles. The van der Waals surface area contributed by atoms with Gasteiger partial charge in [-0.3, -0.25) is 14.4 Å². The van der Waals surface area contributed by atoms with Crippen molar-refractivity contribution in [3.63, 3.8) is 0 Å². The molecule has 0 bridgehead atoms.